The molecule has 0 spiro atoms. The van der Waals surface area contributed by atoms with E-state index in [1.807, 2.05) is 17.5 Å². The summed E-state index contributed by atoms with van der Waals surface area (Å²) in [6.07, 6.45) is 0. The van der Waals surface area contributed by atoms with Gasteiger partial charge in [0, 0.05) is 9.40 Å². The van der Waals surface area contributed by atoms with Gasteiger partial charge in [0.1, 0.15) is 11.2 Å². The summed E-state index contributed by atoms with van der Waals surface area (Å²) in [5.41, 5.74) is 0.616. The molecule has 0 saturated carbocycles. The second-order valence-corrected chi connectivity index (χ2v) is 6.51. The van der Waals surface area contributed by atoms with Crippen molar-refractivity contribution in [2.45, 2.75) is 5.38 Å². The van der Waals surface area contributed by atoms with E-state index in [1.165, 1.54) is 23.5 Å². The van der Waals surface area contributed by atoms with Gasteiger partial charge in [0.05, 0.1) is 4.88 Å². The second-order valence-electron chi connectivity index (χ2n) is 4.04. The number of halogens is 2. The van der Waals surface area contributed by atoms with Crippen LogP contribution in [0.3, 0.4) is 0 Å². The molecule has 0 aliphatic rings. The molecule has 2 heterocycles. The fraction of sp³-hybridized carbons (Fsp3) is 0.0714. The first kappa shape index (κ1) is 12.8. The lowest BCUT2D eigenvalue weighted by atomic mass is 10.1. The van der Waals surface area contributed by atoms with Crippen molar-refractivity contribution in [3.8, 4) is 0 Å². The van der Waals surface area contributed by atoms with Crippen LogP contribution in [0.15, 0.2) is 41.8 Å². The summed E-state index contributed by atoms with van der Waals surface area (Å²) in [6, 6.07) is 9.56. The number of fused-ring (bicyclic) bond motifs is 1. The zero-order chi connectivity index (χ0) is 13.4. The van der Waals surface area contributed by atoms with Crippen LogP contribution >= 0.6 is 34.3 Å². The van der Waals surface area contributed by atoms with Crippen molar-refractivity contribution >= 4 is 49.5 Å². The number of ketones is 1. The van der Waals surface area contributed by atoms with E-state index in [4.69, 9.17) is 11.6 Å². The molecule has 0 N–H and O–H groups in total. The third-order valence-corrected chi connectivity index (χ3v) is 5.33. The highest BCUT2D eigenvalue weighted by molar-refractivity contribution is 7.27. The quantitative estimate of drug-likeness (QED) is 0.476. The van der Waals surface area contributed by atoms with E-state index >= 15 is 0 Å². The summed E-state index contributed by atoms with van der Waals surface area (Å²) in [5, 5.41) is 1.22. The molecule has 1 aromatic carbocycles. The Balaban J connectivity index is 1.90. The molecule has 0 aliphatic carbocycles. The van der Waals surface area contributed by atoms with E-state index in [9.17, 15) is 9.18 Å². The molecule has 0 aliphatic heterocycles. The van der Waals surface area contributed by atoms with Gasteiger partial charge < -0.3 is 0 Å². The Hall–Kier alpha value is -1.23. The van der Waals surface area contributed by atoms with Crippen LogP contribution in [0.4, 0.5) is 4.39 Å². The maximum absolute atomic E-state index is 12.8. The summed E-state index contributed by atoms with van der Waals surface area (Å²) in [5.74, 6) is -0.474. The van der Waals surface area contributed by atoms with Crippen LogP contribution in [0.1, 0.15) is 20.6 Å². The molecule has 19 heavy (non-hydrogen) atoms. The highest BCUT2D eigenvalue weighted by atomic mass is 35.5. The Labute approximate surface area is 122 Å². The lowest BCUT2D eigenvalue weighted by Crippen LogP contribution is -2.05. The van der Waals surface area contributed by atoms with Crippen LogP contribution in [0.2, 0.25) is 0 Å². The van der Waals surface area contributed by atoms with Gasteiger partial charge in [-0.25, -0.2) is 4.39 Å². The number of thiophene rings is 2. The Bertz CT molecular complexity index is 701. The van der Waals surface area contributed by atoms with Gasteiger partial charge in [-0.1, -0.05) is 12.1 Å². The average Bonchev–Trinajstić information content (AvgIpc) is 2.98. The van der Waals surface area contributed by atoms with Crippen molar-refractivity contribution in [2.24, 2.45) is 0 Å². The van der Waals surface area contributed by atoms with Crippen LogP contribution in [0, 0.1) is 5.82 Å². The number of hydrogen-bond acceptors (Lipinski definition) is 3. The topological polar surface area (TPSA) is 17.1 Å². The molecule has 0 amide bonds. The van der Waals surface area contributed by atoms with Crippen molar-refractivity contribution in [2.75, 3.05) is 0 Å². The lowest BCUT2D eigenvalue weighted by Gasteiger charge is -2.07. The number of carbonyl (C=O) groups is 1. The van der Waals surface area contributed by atoms with Gasteiger partial charge in [-0.05, 0) is 35.2 Å². The van der Waals surface area contributed by atoms with E-state index in [0.717, 1.165) is 9.40 Å². The highest BCUT2D eigenvalue weighted by Gasteiger charge is 2.21. The normalized spacial score (nSPS) is 12.7. The minimum Gasteiger partial charge on any atom is -0.291 e. The van der Waals surface area contributed by atoms with Gasteiger partial charge in [0.25, 0.3) is 0 Å². The smallest absolute Gasteiger partial charge is 0.195 e. The molecule has 3 rings (SSSR count). The van der Waals surface area contributed by atoms with Crippen molar-refractivity contribution in [1.82, 2.24) is 0 Å². The zero-order valence-electron chi connectivity index (χ0n) is 9.60. The summed E-state index contributed by atoms with van der Waals surface area (Å²) >= 11 is 9.22. The Morgan fingerprint density at radius 1 is 1.16 bits per heavy atom. The van der Waals surface area contributed by atoms with Gasteiger partial charge >= 0.3 is 0 Å². The Morgan fingerprint density at radius 3 is 2.58 bits per heavy atom. The monoisotopic (exact) mass is 310 g/mol. The minimum atomic E-state index is -0.770. The van der Waals surface area contributed by atoms with Crippen molar-refractivity contribution in [1.29, 1.82) is 0 Å². The third-order valence-electron chi connectivity index (χ3n) is 2.78. The molecule has 2 aromatic heterocycles. The molecule has 0 fully saturated rings. The molecular weight excluding hydrogens is 303 g/mol. The SMILES string of the molecule is O=C(c1cc2sccc2s1)C(Cl)c1ccc(F)cc1. The van der Waals surface area contributed by atoms with Crippen LogP contribution < -0.4 is 0 Å². The van der Waals surface area contributed by atoms with Gasteiger partial charge in [0.2, 0.25) is 0 Å². The van der Waals surface area contributed by atoms with Gasteiger partial charge in [-0.15, -0.1) is 34.3 Å². The molecule has 0 bridgehead atoms. The average molecular weight is 311 g/mol. The first-order valence-corrected chi connectivity index (χ1v) is 7.69. The predicted molar refractivity (Wildman–Crippen MR) is 79.0 cm³/mol. The Kier molecular flexibility index (Phi) is 3.39. The van der Waals surface area contributed by atoms with E-state index in [1.54, 1.807) is 23.5 Å². The second kappa shape index (κ2) is 5.04. The molecule has 1 unspecified atom stereocenters. The third kappa shape index (κ3) is 2.43. The van der Waals surface area contributed by atoms with Crippen LogP contribution in [0.5, 0.6) is 0 Å². The number of benzene rings is 1. The van der Waals surface area contributed by atoms with E-state index in [0.29, 0.717) is 10.4 Å². The minimum absolute atomic E-state index is 0.137. The van der Waals surface area contributed by atoms with Crippen LogP contribution in [0.25, 0.3) is 9.40 Å². The van der Waals surface area contributed by atoms with Gasteiger partial charge in [0.15, 0.2) is 5.78 Å². The predicted octanol–water partition coefficient (Wildman–Crippen LogP) is 5.26. The molecular formula is C14H8ClFOS2. The summed E-state index contributed by atoms with van der Waals surface area (Å²) in [4.78, 5) is 12.9. The van der Waals surface area contributed by atoms with Crippen molar-refractivity contribution in [3.63, 3.8) is 0 Å². The number of alkyl halides is 1. The molecule has 1 nitrogen and oxygen atoms in total. The summed E-state index contributed by atoms with van der Waals surface area (Å²) in [7, 11) is 0. The summed E-state index contributed by atoms with van der Waals surface area (Å²) in [6.45, 7) is 0. The van der Waals surface area contributed by atoms with Crippen LogP contribution in [-0.2, 0) is 0 Å². The highest BCUT2D eigenvalue weighted by Crippen LogP contribution is 2.34. The number of rotatable bonds is 3. The van der Waals surface area contributed by atoms with Crippen LogP contribution in [-0.4, -0.2) is 5.78 Å². The molecule has 96 valence electrons. The molecule has 0 saturated heterocycles. The molecule has 3 aromatic rings. The number of carbonyl (C=O) groups excluding carboxylic acids is 1. The van der Waals surface area contributed by atoms with E-state index < -0.39 is 5.38 Å². The zero-order valence-corrected chi connectivity index (χ0v) is 12.0. The van der Waals surface area contributed by atoms with E-state index in [2.05, 4.69) is 0 Å². The maximum atomic E-state index is 12.8. The maximum Gasteiger partial charge on any atom is 0.195 e. The molecule has 5 heteroatoms. The fourth-order valence-corrected chi connectivity index (χ4v) is 4.20. The van der Waals surface area contributed by atoms with Crippen molar-refractivity contribution < 1.29 is 9.18 Å². The summed E-state index contributed by atoms with van der Waals surface area (Å²) < 4.78 is 15.0. The van der Waals surface area contributed by atoms with Gasteiger partial charge in [-0.3, -0.25) is 4.79 Å². The Morgan fingerprint density at radius 2 is 1.89 bits per heavy atom. The van der Waals surface area contributed by atoms with E-state index in [-0.39, 0.29) is 11.6 Å². The fourth-order valence-electron chi connectivity index (χ4n) is 1.80. The largest absolute Gasteiger partial charge is 0.291 e. The van der Waals surface area contributed by atoms with Gasteiger partial charge in [-0.2, -0.15) is 0 Å². The first-order chi connectivity index (χ1) is 9.15. The first-order valence-electron chi connectivity index (χ1n) is 5.56. The lowest BCUT2D eigenvalue weighted by molar-refractivity contribution is 0.0991. The standard InChI is InChI=1S/C14H8ClFOS2/c15-13(8-1-3-9(16)4-2-8)14(17)12-7-11-10(19-12)5-6-18-11/h1-7,13H. The molecule has 1 atom stereocenters. The van der Waals surface area contributed by atoms with Crippen molar-refractivity contribution in [3.05, 3.63) is 58.0 Å². The number of hydrogen-bond donors (Lipinski definition) is 0. The molecule has 0 radical (unpaired) electrons. The number of Topliss-reactive ketones (excluding diaryl/α,β-unsaturated/α-hetero) is 1.